The molecule has 0 aliphatic carbocycles. The summed E-state index contributed by atoms with van der Waals surface area (Å²) in [4.78, 5) is 0. The van der Waals surface area contributed by atoms with Crippen molar-refractivity contribution >= 4 is 14.5 Å². The number of hydrogen-bond donors (Lipinski definition) is 0. The Morgan fingerprint density at radius 3 is 2.69 bits per heavy atom. The van der Waals surface area contributed by atoms with Crippen LogP contribution in [0.5, 0.6) is 0 Å². The molecule has 0 aromatic heterocycles. The van der Waals surface area contributed by atoms with Gasteiger partial charge >= 0.3 is 14.5 Å². The third kappa shape index (κ3) is 4.47. The molecule has 1 aliphatic heterocycles. The van der Waals surface area contributed by atoms with Crippen LogP contribution in [0.1, 0.15) is 33.1 Å². The van der Waals surface area contributed by atoms with Crippen molar-refractivity contribution in [2.24, 2.45) is 0 Å². The second-order valence-corrected chi connectivity index (χ2v) is 6.94. The first-order chi connectivity index (χ1) is 6.36. The van der Waals surface area contributed by atoms with E-state index >= 15 is 0 Å². The summed E-state index contributed by atoms with van der Waals surface area (Å²) in [5.41, 5.74) is 0. The Balaban J connectivity index is 1.98. The van der Waals surface area contributed by atoms with E-state index in [1.165, 1.54) is 23.4 Å². The zero-order chi connectivity index (χ0) is 9.52. The topological polar surface area (TPSA) is 18.5 Å². The van der Waals surface area contributed by atoms with Crippen LogP contribution in [0.25, 0.3) is 0 Å². The molecular weight excluding hydrogens is 179 g/mol. The van der Waals surface area contributed by atoms with E-state index in [2.05, 4.69) is 13.8 Å². The molecule has 0 saturated carbocycles. The summed E-state index contributed by atoms with van der Waals surface area (Å²) in [7, 11) is 0. The Labute approximate surface area is 86.3 Å². The molecule has 1 atom stereocenters. The van der Waals surface area contributed by atoms with Gasteiger partial charge in [0.15, 0.2) is 0 Å². The quantitative estimate of drug-likeness (QED) is 0.613. The predicted molar refractivity (Wildman–Crippen MR) is 56.3 cm³/mol. The van der Waals surface area contributed by atoms with E-state index in [-0.39, 0.29) is 0 Å². The average molecular weight is 200 g/mol. The fraction of sp³-hybridized carbons (Fsp3) is 1.00. The second-order valence-electron chi connectivity index (χ2n) is 3.73. The van der Waals surface area contributed by atoms with Gasteiger partial charge in [0, 0.05) is 13.2 Å². The highest BCUT2D eigenvalue weighted by Gasteiger charge is 2.18. The van der Waals surface area contributed by atoms with Crippen LogP contribution in [-0.4, -0.2) is 33.8 Å². The molecule has 1 unspecified atom stereocenters. The van der Waals surface area contributed by atoms with Crippen molar-refractivity contribution in [1.82, 2.24) is 0 Å². The summed E-state index contributed by atoms with van der Waals surface area (Å²) in [6.07, 6.45) is 4.10. The Morgan fingerprint density at radius 1 is 1.38 bits per heavy atom. The minimum absolute atomic E-state index is 0.503. The van der Waals surface area contributed by atoms with Crippen molar-refractivity contribution in [2.45, 2.75) is 49.8 Å². The molecule has 0 bridgehead atoms. The number of rotatable bonds is 6. The van der Waals surface area contributed by atoms with Crippen molar-refractivity contribution < 1.29 is 8.53 Å². The fourth-order valence-electron chi connectivity index (χ4n) is 1.76. The van der Waals surface area contributed by atoms with Crippen molar-refractivity contribution in [2.75, 3.05) is 13.2 Å². The molecule has 0 aromatic carbocycles. The van der Waals surface area contributed by atoms with Crippen molar-refractivity contribution in [3.8, 4) is 0 Å². The van der Waals surface area contributed by atoms with Gasteiger partial charge in [-0.15, -0.1) is 0 Å². The van der Waals surface area contributed by atoms with E-state index in [0.717, 1.165) is 19.6 Å². The van der Waals surface area contributed by atoms with Gasteiger partial charge in [0.1, 0.15) is 0 Å². The molecule has 76 valence electrons. The molecule has 1 heterocycles. The summed E-state index contributed by atoms with van der Waals surface area (Å²) in [6, 6.07) is 0. The van der Waals surface area contributed by atoms with E-state index in [1.54, 1.807) is 0 Å². The minimum atomic E-state index is -0.808. The Morgan fingerprint density at radius 2 is 2.15 bits per heavy atom. The normalized spacial score (nSPS) is 22.2. The molecule has 3 heteroatoms. The summed E-state index contributed by atoms with van der Waals surface area (Å²) < 4.78 is 11.4. The number of ether oxygens (including phenoxy) is 1. The lowest BCUT2D eigenvalue weighted by Crippen LogP contribution is -2.18. The zero-order valence-corrected chi connectivity index (χ0v) is 10.1. The maximum atomic E-state index is 5.86. The van der Waals surface area contributed by atoms with Gasteiger partial charge in [-0.05, 0) is 19.3 Å². The lowest BCUT2D eigenvalue weighted by atomic mass is 10.2. The molecule has 0 amide bonds. The van der Waals surface area contributed by atoms with Crippen molar-refractivity contribution in [3.05, 3.63) is 0 Å². The lowest BCUT2D eigenvalue weighted by Gasteiger charge is -2.12. The van der Waals surface area contributed by atoms with Gasteiger partial charge in [0.05, 0.1) is 6.10 Å². The van der Waals surface area contributed by atoms with E-state index in [9.17, 15) is 0 Å². The van der Waals surface area contributed by atoms with Gasteiger partial charge in [0.2, 0.25) is 0 Å². The van der Waals surface area contributed by atoms with Gasteiger partial charge in [0.25, 0.3) is 0 Å². The Hall–Kier alpha value is 0.452. The van der Waals surface area contributed by atoms with Gasteiger partial charge < -0.3 is 8.53 Å². The number of hydrogen-bond acceptors (Lipinski definition) is 2. The summed E-state index contributed by atoms with van der Waals surface area (Å²) in [6.45, 7) is 6.38. The van der Waals surface area contributed by atoms with Crippen LogP contribution < -0.4 is 0 Å². The SMILES string of the molecule is C[CH2][Al]([CH2]C)[O]CCC1CCCO1. The zero-order valence-electron chi connectivity index (χ0n) is 8.92. The first kappa shape index (κ1) is 11.5. The first-order valence-corrected chi connectivity index (χ1v) is 7.70. The maximum Gasteiger partial charge on any atom is 0.460 e. The van der Waals surface area contributed by atoms with E-state index in [4.69, 9.17) is 8.53 Å². The summed E-state index contributed by atoms with van der Waals surface area (Å²) >= 11 is -0.808. The minimum Gasteiger partial charge on any atom is -0.501 e. The highest BCUT2D eigenvalue weighted by molar-refractivity contribution is 6.51. The van der Waals surface area contributed by atoms with E-state index < -0.39 is 14.5 Å². The van der Waals surface area contributed by atoms with Gasteiger partial charge in [-0.1, -0.05) is 24.4 Å². The molecule has 1 fully saturated rings. The summed E-state index contributed by atoms with van der Waals surface area (Å²) in [5, 5.41) is 2.53. The first-order valence-electron chi connectivity index (χ1n) is 5.60. The molecule has 1 aliphatic rings. The highest BCUT2D eigenvalue weighted by atomic mass is 27.2. The largest absolute Gasteiger partial charge is 0.501 e. The van der Waals surface area contributed by atoms with Crippen LogP contribution in [0, 0.1) is 0 Å². The standard InChI is InChI=1S/C6H11O2.2C2H5.Al/c7-4-3-6-2-1-5-8-6;2*1-2;/h6H,1-5H2;2*1H2,2H3;/q-1;;;+1. The summed E-state index contributed by atoms with van der Waals surface area (Å²) in [5.74, 6) is 0. The van der Waals surface area contributed by atoms with Crippen LogP contribution in [0.4, 0.5) is 0 Å². The molecule has 13 heavy (non-hydrogen) atoms. The van der Waals surface area contributed by atoms with Crippen LogP contribution in [0.3, 0.4) is 0 Å². The molecule has 1 rings (SSSR count). The molecule has 1 saturated heterocycles. The monoisotopic (exact) mass is 200 g/mol. The van der Waals surface area contributed by atoms with Crippen LogP contribution in [0.15, 0.2) is 0 Å². The smallest absolute Gasteiger partial charge is 0.460 e. The van der Waals surface area contributed by atoms with Crippen LogP contribution in [-0.2, 0) is 8.53 Å². The lowest BCUT2D eigenvalue weighted by molar-refractivity contribution is 0.0900. The van der Waals surface area contributed by atoms with Gasteiger partial charge in [-0.25, -0.2) is 0 Å². The van der Waals surface area contributed by atoms with Gasteiger partial charge in [-0.3, -0.25) is 0 Å². The van der Waals surface area contributed by atoms with Crippen LogP contribution in [0.2, 0.25) is 10.6 Å². The average Bonchev–Trinajstić information content (AvgIpc) is 2.65. The van der Waals surface area contributed by atoms with Crippen molar-refractivity contribution in [1.29, 1.82) is 0 Å². The fourth-order valence-corrected chi connectivity index (χ4v) is 3.28. The molecule has 0 radical (unpaired) electrons. The van der Waals surface area contributed by atoms with Crippen molar-refractivity contribution in [3.63, 3.8) is 0 Å². The Kier molecular flexibility index (Phi) is 6.06. The molecular formula is C10H21AlO2. The highest BCUT2D eigenvalue weighted by Crippen LogP contribution is 2.15. The third-order valence-electron chi connectivity index (χ3n) is 2.73. The third-order valence-corrected chi connectivity index (χ3v) is 5.26. The molecule has 0 spiro atoms. The predicted octanol–water partition coefficient (Wildman–Crippen LogP) is 2.60. The molecule has 0 aromatic rings. The maximum absolute atomic E-state index is 5.86. The van der Waals surface area contributed by atoms with Gasteiger partial charge in [-0.2, -0.15) is 0 Å². The van der Waals surface area contributed by atoms with E-state index in [0.29, 0.717) is 6.10 Å². The molecule has 2 nitrogen and oxygen atoms in total. The van der Waals surface area contributed by atoms with Crippen LogP contribution >= 0.6 is 0 Å². The second kappa shape index (κ2) is 6.84. The van der Waals surface area contributed by atoms with E-state index in [1.807, 2.05) is 0 Å². The Bertz CT molecular complexity index is 118. The molecule has 0 N–H and O–H groups in total.